The second kappa shape index (κ2) is 10.5. The minimum atomic E-state index is -0.477. The fraction of sp³-hybridized carbons (Fsp3) is 0.737. The molecule has 0 aromatic carbocycles. The van der Waals surface area contributed by atoms with E-state index in [0.29, 0.717) is 25.0 Å². The number of allylic oxidation sites excluding steroid dienone is 4. The van der Waals surface area contributed by atoms with E-state index in [1.807, 2.05) is 0 Å². The molecule has 0 spiro atoms. The molecule has 2 rings (SSSR count). The summed E-state index contributed by atoms with van der Waals surface area (Å²) in [5, 5.41) is 0. The van der Waals surface area contributed by atoms with Crippen molar-refractivity contribution >= 4 is 6.16 Å². The first-order valence-electron chi connectivity index (χ1n) is 8.94. The summed E-state index contributed by atoms with van der Waals surface area (Å²) in [6, 6.07) is 0. The van der Waals surface area contributed by atoms with E-state index in [1.54, 1.807) is 0 Å². The van der Waals surface area contributed by atoms with E-state index >= 15 is 0 Å². The van der Waals surface area contributed by atoms with Crippen LogP contribution in [0.4, 0.5) is 4.79 Å². The molecule has 124 valence electrons. The van der Waals surface area contributed by atoms with Crippen molar-refractivity contribution in [2.75, 3.05) is 13.2 Å². The maximum absolute atomic E-state index is 11.8. The van der Waals surface area contributed by atoms with Gasteiger partial charge in [0.05, 0.1) is 13.2 Å². The maximum atomic E-state index is 11.8. The highest BCUT2D eigenvalue weighted by Gasteiger charge is 2.16. The molecular weight excluding hydrogens is 276 g/mol. The quantitative estimate of drug-likeness (QED) is 0.514. The zero-order valence-corrected chi connectivity index (χ0v) is 13.7. The topological polar surface area (TPSA) is 35.5 Å². The standard InChI is InChI=1S/C19H30O3/c20-19(21-15-17-11-7-3-1-4-8-12-17)22-16-18-13-9-5-2-6-10-14-18/h1-3,5,17-18H,4,6-16H2. The third kappa shape index (κ3) is 7.15. The molecule has 2 atom stereocenters. The van der Waals surface area contributed by atoms with Crippen LogP contribution in [-0.4, -0.2) is 19.4 Å². The normalized spacial score (nSPS) is 26.4. The summed E-state index contributed by atoms with van der Waals surface area (Å²) >= 11 is 0. The summed E-state index contributed by atoms with van der Waals surface area (Å²) in [5.74, 6) is 0.980. The van der Waals surface area contributed by atoms with Gasteiger partial charge in [-0.1, -0.05) is 24.3 Å². The molecule has 0 heterocycles. The van der Waals surface area contributed by atoms with Crippen molar-refractivity contribution in [3.05, 3.63) is 24.3 Å². The second-order valence-corrected chi connectivity index (χ2v) is 6.56. The molecule has 3 nitrogen and oxygen atoms in total. The Balaban J connectivity index is 1.60. The SMILES string of the molecule is O=C(OCC1CCC=CCCC1)OCC1CCC=CCCC1. The van der Waals surface area contributed by atoms with E-state index < -0.39 is 6.16 Å². The minimum absolute atomic E-state index is 0.477. The summed E-state index contributed by atoms with van der Waals surface area (Å²) in [4.78, 5) is 11.8. The van der Waals surface area contributed by atoms with E-state index in [9.17, 15) is 4.79 Å². The lowest BCUT2D eigenvalue weighted by Crippen LogP contribution is -2.19. The fourth-order valence-electron chi connectivity index (χ4n) is 3.22. The van der Waals surface area contributed by atoms with Crippen molar-refractivity contribution in [3.63, 3.8) is 0 Å². The van der Waals surface area contributed by atoms with Gasteiger partial charge in [-0.25, -0.2) is 4.79 Å². The first-order valence-corrected chi connectivity index (χ1v) is 8.94. The van der Waals surface area contributed by atoms with Crippen LogP contribution in [0.15, 0.2) is 24.3 Å². The first kappa shape index (κ1) is 17.1. The van der Waals surface area contributed by atoms with Crippen LogP contribution in [0, 0.1) is 11.8 Å². The van der Waals surface area contributed by atoms with Gasteiger partial charge in [-0.2, -0.15) is 0 Å². The monoisotopic (exact) mass is 306 g/mol. The van der Waals surface area contributed by atoms with Crippen molar-refractivity contribution in [2.45, 2.75) is 64.2 Å². The molecule has 0 aliphatic heterocycles. The van der Waals surface area contributed by atoms with E-state index in [1.165, 1.54) is 12.8 Å². The molecule has 0 radical (unpaired) electrons. The van der Waals surface area contributed by atoms with Gasteiger partial charge in [0, 0.05) is 0 Å². The summed E-state index contributed by atoms with van der Waals surface area (Å²) in [6.45, 7) is 1.03. The number of hydrogen-bond donors (Lipinski definition) is 0. The highest BCUT2D eigenvalue weighted by atomic mass is 16.7. The molecule has 3 heteroatoms. The zero-order valence-electron chi connectivity index (χ0n) is 13.7. The van der Waals surface area contributed by atoms with Crippen molar-refractivity contribution in [2.24, 2.45) is 11.8 Å². The van der Waals surface area contributed by atoms with Crippen LogP contribution in [0.1, 0.15) is 64.2 Å². The Labute approximate surface area is 134 Å². The molecule has 2 aliphatic rings. The number of carbonyl (C=O) groups excluding carboxylic acids is 1. The smallest absolute Gasteiger partial charge is 0.434 e. The van der Waals surface area contributed by atoms with Crippen LogP contribution >= 0.6 is 0 Å². The number of hydrogen-bond acceptors (Lipinski definition) is 3. The van der Waals surface area contributed by atoms with Crippen LogP contribution in [0.2, 0.25) is 0 Å². The van der Waals surface area contributed by atoms with E-state index in [-0.39, 0.29) is 0 Å². The summed E-state index contributed by atoms with van der Waals surface area (Å²) in [6.07, 6.45) is 19.9. The number of ether oxygens (including phenoxy) is 2. The highest BCUT2D eigenvalue weighted by molar-refractivity contribution is 5.59. The van der Waals surface area contributed by atoms with Crippen molar-refractivity contribution < 1.29 is 14.3 Å². The Bertz CT molecular complexity index is 339. The van der Waals surface area contributed by atoms with E-state index in [4.69, 9.17) is 9.47 Å². The summed E-state index contributed by atoms with van der Waals surface area (Å²) < 4.78 is 10.7. The Morgan fingerprint density at radius 2 is 1.18 bits per heavy atom. The second-order valence-electron chi connectivity index (χ2n) is 6.56. The lowest BCUT2D eigenvalue weighted by Gasteiger charge is -2.19. The Morgan fingerprint density at radius 3 is 1.68 bits per heavy atom. The van der Waals surface area contributed by atoms with Crippen LogP contribution in [-0.2, 0) is 9.47 Å². The van der Waals surface area contributed by atoms with Gasteiger partial charge in [0.2, 0.25) is 0 Å². The Kier molecular flexibility index (Phi) is 8.14. The van der Waals surface area contributed by atoms with Gasteiger partial charge in [0.1, 0.15) is 0 Å². The number of rotatable bonds is 4. The van der Waals surface area contributed by atoms with Crippen LogP contribution < -0.4 is 0 Å². The molecule has 0 N–H and O–H groups in total. The fourth-order valence-corrected chi connectivity index (χ4v) is 3.22. The van der Waals surface area contributed by atoms with Gasteiger partial charge in [-0.15, -0.1) is 0 Å². The van der Waals surface area contributed by atoms with Gasteiger partial charge in [0.25, 0.3) is 0 Å². The van der Waals surface area contributed by atoms with Gasteiger partial charge < -0.3 is 9.47 Å². The first-order chi connectivity index (χ1) is 10.8. The van der Waals surface area contributed by atoms with Gasteiger partial charge in [-0.05, 0) is 76.0 Å². The van der Waals surface area contributed by atoms with E-state index in [0.717, 1.165) is 51.4 Å². The highest BCUT2D eigenvalue weighted by Crippen LogP contribution is 2.21. The Hall–Kier alpha value is -1.25. The molecule has 0 bridgehead atoms. The summed E-state index contributed by atoms with van der Waals surface area (Å²) in [7, 11) is 0. The van der Waals surface area contributed by atoms with Crippen LogP contribution in [0.25, 0.3) is 0 Å². The molecule has 0 saturated carbocycles. The third-order valence-electron chi connectivity index (χ3n) is 4.66. The molecule has 0 saturated heterocycles. The average Bonchev–Trinajstić information content (AvgIpc) is 2.45. The van der Waals surface area contributed by atoms with Gasteiger partial charge in [0.15, 0.2) is 0 Å². The molecule has 2 unspecified atom stereocenters. The third-order valence-corrected chi connectivity index (χ3v) is 4.66. The predicted octanol–water partition coefficient (Wildman–Crippen LogP) is 5.41. The Morgan fingerprint density at radius 1 is 0.727 bits per heavy atom. The lowest BCUT2D eigenvalue weighted by atomic mass is 9.95. The molecule has 2 aliphatic carbocycles. The number of carbonyl (C=O) groups is 1. The molecular formula is C19H30O3. The lowest BCUT2D eigenvalue weighted by molar-refractivity contribution is 0.0307. The average molecular weight is 306 g/mol. The summed E-state index contributed by atoms with van der Waals surface area (Å²) in [5.41, 5.74) is 0. The van der Waals surface area contributed by atoms with Gasteiger partial charge in [-0.3, -0.25) is 0 Å². The van der Waals surface area contributed by atoms with E-state index in [2.05, 4.69) is 24.3 Å². The van der Waals surface area contributed by atoms with Crippen molar-refractivity contribution in [3.8, 4) is 0 Å². The van der Waals surface area contributed by atoms with Crippen molar-refractivity contribution in [1.29, 1.82) is 0 Å². The molecule has 0 aromatic rings. The molecule has 0 fully saturated rings. The van der Waals surface area contributed by atoms with Crippen molar-refractivity contribution in [1.82, 2.24) is 0 Å². The van der Waals surface area contributed by atoms with Crippen LogP contribution in [0.5, 0.6) is 0 Å². The largest absolute Gasteiger partial charge is 0.508 e. The van der Waals surface area contributed by atoms with Gasteiger partial charge >= 0.3 is 6.16 Å². The molecule has 0 amide bonds. The molecule has 0 aromatic heterocycles. The predicted molar refractivity (Wildman–Crippen MR) is 88.7 cm³/mol. The maximum Gasteiger partial charge on any atom is 0.508 e. The molecule has 22 heavy (non-hydrogen) atoms. The minimum Gasteiger partial charge on any atom is -0.434 e. The zero-order chi connectivity index (χ0) is 15.5. The van der Waals surface area contributed by atoms with Crippen LogP contribution in [0.3, 0.4) is 0 Å².